The highest BCUT2D eigenvalue weighted by Gasteiger charge is 2.65. The molecule has 2 N–H and O–H groups in total. The van der Waals surface area contributed by atoms with Gasteiger partial charge in [-0.1, -0.05) is 64.1 Å². The fraction of sp³-hybridized carbons (Fsp3) is 0.759. The Kier molecular flexibility index (Phi) is 18.0. The number of nitrogens with zero attached hydrogens (tertiary/aromatic N) is 8. The Hall–Kier alpha value is -3.93. The van der Waals surface area contributed by atoms with E-state index in [2.05, 4.69) is 57.8 Å². The van der Waals surface area contributed by atoms with Crippen LogP contribution in [-0.4, -0.2) is 195 Å². The number of carbonyl (C=O) groups excluding carboxylic acids is 1. The third-order valence-corrected chi connectivity index (χ3v) is 18.8. The quantitative estimate of drug-likeness (QED) is 0.131. The van der Waals surface area contributed by atoms with E-state index in [1.165, 1.54) is 6.33 Å². The second-order valence-corrected chi connectivity index (χ2v) is 24.1. The molecule has 2 aromatic heterocycles. The third-order valence-electron chi connectivity index (χ3n) is 18.8. The van der Waals surface area contributed by atoms with Crippen LogP contribution in [0.1, 0.15) is 112 Å². The maximum Gasteiger partial charge on any atom is 0.309 e. The van der Waals surface area contributed by atoms with Gasteiger partial charge in [0.15, 0.2) is 12.5 Å². The topological polar surface area (TPSA) is 210 Å². The van der Waals surface area contributed by atoms with Crippen LogP contribution in [0.2, 0.25) is 0 Å². The molecule has 20 heteroatoms. The van der Waals surface area contributed by atoms with Crippen molar-refractivity contribution in [2.24, 2.45) is 34.6 Å². The van der Waals surface area contributed by atoms with Gasteiger partial charge in [-0.05, 0) is 90.3 Å². The molecule has 432 valence electrons. The van der Waals surface area contributed by atoms with Crippen molar-refractivity contribution in [1.29, 1.82) is 0 Å². The number of benzene rings is 1. The number of alkyl halides is 1. The highest BCUT2D eigenvalue weighted by molar-refractivity contribution is 5.89. The molecule has 0 spiro atoms. The van der Waals surface area contributed by atoms with Gasteiger partial charge >= 0.3 is 5.97 Å². The summed E-state index contributed by atoms with van der Waals surface area (Å²) in [5, 5.41) is 32.9. The fourth-order valence-corrected chi connectivity index (χ4v) is 14.3. The van der Waals surface area contributed by atoms with Crippen LogP contribution in [0.3, 0.4) is 0 Å². The number of hydrogen-bond donors (Lipinski definition) is 2. The van der Waals surface area contributed by atoms with E-state index in [0.717, 1.165) is 22.4 Å². The van der Waals surface area contributed by atoms with Crippen molar-refractivity contribution in [2.75, 3.05) is 47.6 Å². The second kappa shape index (κ2) is 23.9. The lowest BCUT2D eigenvalue weighted by Gasteiger charge is -2.53. The minimum Gasteiger partial charge on any atom is -0.459 e. The molecule has 3 aromatic rings. The minimum atomic E-state index is -1.11. The number of hydrogen-bond acceptors (Lipinski definition) is 18. The lowest BCUT2D eigenvalue weighted by Crippen LogP contribution is -2.67. The molecule has 5 saturated heterocycles. The second-order valence-electron chi connectivity index (χ2n) is 24.1. The Morgan fingerprint density at radius 3 is 2.33 bits per heavy atom. The molecule has 0 saturated carbocycles. The van der Waals surface area contributed by atoms with Crippen LogP contribution in [0.5, 0.6) is 0 Å². The number of aliphatic imine (C=N–C) groups is 1. The number of ether oxygens (including phenoxy) is 8. The Morgan fingerprint density at radius 1 is 0.936 bits per heavy atom. The molecule has 0 amide bonds. The summed E-state index contributed by atoms with van der Waals surface area (Å²) in [5.41, 5.74) is 1.55. The Morgan fingerprint density at radius 2 is 1.65 bits per heavy atom. The summed E-state index contributed by atoms with van der Waals surface area (Å²) in [6.07, 6.45) is 2.67. The predicted octanol–water partition coefficient (Wildman–Crippen LogP) is 6.04. The number of halogens is 1. The Labute approximate surface area is 460 Å². The number of likely N-dealkylation sites (N-methyl/N-ethyl adjacent to an activating group) is 1. The summed E-state index contributed by atoms with van der Waals surface area (Å²) in [5.74, 6) is -2.56. The maximum atomic E-state index is 15.2. The number of aromatic nitrogens is 5. The normalized spacial score (nSPS) is 41.0. The van der Waals surface area contributed by atoms with Gasteiger partial charge in [-0.3, -0.25) is 14.7 Å². The van der Waals surface area contributed by atoms with Gasteiger partial charge in [0, 0.05) is 87.9 Å². The zero-order chi connectivity index (χ0) is 56.0. The predicted molar refractivity (Wildman–Crippen MR) is 288 cm³/mol. The maximum absolute atomic E-state index is 15.2. The van der Waals surface area contributed by atoms with Crippen LogP contribution in [0, 0.1) is 29.6 Å². The van der Waals surface area contributed by atoms with E-state index >= 15 is 4.79 Å². The van der Waals surface area contributed by atoms with Crippen LogP contribution >= 0.6 is 0 Å². The number of methoxy groups -OCH3 is 2. The SMILES string of the molecule is CC[C@H]1OC(=O)[C@H](C)[C@@H](C2C[C@@](C)(OC)[C@@H](O)[C@H](C)O2)[C@H](C)[C@@H](O[C@@H]2O[C@H](C)C[C@H](N(C)CCc3cn([C@H](CF)Cc4ccc(-c5cncnc5)cc4)nn3)[C@H]2O)[C@](C)(OC)C[C@@H](C)C2=NCCN3C4OC4O[C@@]1(C)[C@H]3[C@H]2C. The summed E-state index contributed by atoms with van der Waals surface area (Å²) in [6, 6.07) is 6.78. The van der Waals surface area contributed by atoms with Crippen molar-refractivity contribution in [3.63, 3.8) is 0 Å². The zero-order valence-electron chi connectivity index (χ0n) is 48.1. The van der Waals surface area contributed by atoms with Gasteiger partial charge in [0.1, 0.15) is 36.9 Å². The van der Waals surface area contributed by atoms with Gasteiger partial charge in [0.05, 0.1) is 65.9 Å². The lowest BCUT2D eigenvalue weighted by atomic mass is 9.67. The first-order valence-corrected chi connectivity index (χ1v) is 28.4. The smallest absolute Gasteiger partial charge is 0.309 e. The largest absolute Gasteiger partial charge is 0.459 e. The summed E-state index contributed by atoms with van der Waals surface area (Å²) in [6.45, 7) is 21.3. The average molecular weight is 1090 g/mol. The zero-order valence-corrected chi connectivity index (χ0v) is 48.1. The number of cyclic esters (lactones) is 1. The Balaban J connectivity index is 0.988. The van der Waals surface area contributed by atoms with Crippen LogP contribution in [0.25, 0.3) is 11.1 Å². The molecule has 78 heavy (non-hydrogen) atoms. The molecule has 8 heterocycles. The molecule has 1 aromatic carbocycles. The molecule has 2 bridgehead atoms. The van der Waals surface area contributed by atoms with Gasteiger partial charge in [0.25, 0.3) is 0 Å². The molecule has 19 nitrogen and oxygen atoms in total. The van der Waals surface area contributed by atoms with Crippen molar-refractivity contribution in [2.45, 2.75) is 204 Å². The highest BCUT2D eigenvalue weighted by Crippen LogP contribution is 2.50. The lowest BCUT2D eigenvalue weighted by molar-refractivity contribution is -0.305. The first-order chi connectivity index (χ1) is 37.2. The number of carbonyl (C=O) groups is 1. The van der Waals surface area contributed by atoms with E-state index in [-0.39, 0.29) is 36.6 Å². The molecule has 6 aliphatic heterocycles. The van der Waals surface area contributed by atoms with E-state index < -0.39 is 108 Å². The van der Waals surface area contributed by atoms with Crippen molar-refractivity contribution in [3.8, 4) is 11.1 Å². The van der Waals surface area contributed by atoms with Gasteiger partial charge in [-0.2, -0.15) is 0 Å². The number of aliphatic hydroxyl groups is 2. The molecule has 0 aliphatic carbocycles. The molecule has 21 atom stereocenters. The monoisotopic (exact) mass is 1090 g/mol. The van der Waals surface area contributed by atoms with Crippen LogP contribution in [0.15, 0.2) is 54.2 Å². The van der Waals surface area contributed by atoms with Crippen molar-refractivity contribution < 1.29 is 57.3 Å². The van der Waals surface area contributed by atoms with Crippen molar-refractivity contribution >= 4 is 11.7 Å². The average Bonchev–Trinajstić information content (AvgIpc) is 4.29. The van der Waals surface area contributed by atoms with Gasteiger partial charge < -0.3 is 53.0 Å². The molecule has 9 rings (SSSR count). The van der Waals surface area contributed by atoms with E-state index in [1.807, 2.05) is 79.1 Å². The fourth-order valence-electron chi connectivity index (χ4n) is 14.3. The standard InChI is InChI=1S/C58H87FN8O11/c1-14-45-58(10)49-36(6)47(62-20-22-66(49)52-55(77-52)78-58)32(2)25-57(9,72-13)51(34(4)46(35(5)53(70)75-45)44-26-56(8,71-12)50(69)37(7)74-44)76-54-48(68)43(23-33(3)73-54)65(11)21-19-41-30-67(64-63-41)42(27-59)24-38-15-17-39(18-16-38)40-28-60-31-61-29-40/h15-18,28-37,42-46,48-52,54-55,68-69H,14,19-27H2,1-13H3/t32-,33-,34+,35-,36+,37+,42+,43+,44?,45-,46+,48-,49-,50+,51-,52?,54+,55?,56-,57-,58-/m1/s1. The van der Waals surface area contributed by atoms with Gasteiger partial charge in [-0.25, -0.2) is 19.0 Å². The molecular formula is C58H87FN8O11. The molecule has 6 aliphatic rings. The van der Waals surface area contributed by atoms with Crippen LogP contribution < -0.4 is 0 Å². The number of epoxide rings is 1. The first-order valence-electron chi connectivity index (χ1n) is 28.4. The summed E-state index contributed by atoms with van der Waals surface area (Å²) >= 11 is 0. The molecule has 5 fully saturated rings. The Bertz CT molecular complexity index is 2510. The van der Waals surface area contributed by atoms with Gasteiger partial charge in [0.2, 0.25) is 6.29 Å². The minimum absolute atomic E-state index is 0.123. The van der Waals surface area contributed by atoms with Crippen LogP contribution in [-0.2, 0) is 55.5 Å². The third kappa shape index (κ3) is 11.6. The van der Waals surface area contributed by atoms with E-state index in [0.29, 0.717) is 57.4 Å². The molecule has 3 unspecified atom stereocenters. The van der Waals surface area contributed by atoms with Crippen molar-refractivity contribution in [1.82, 2.24) is 34.8 Å². The van der Waals surface area contributed by atoms with Crippen molar-refractivity contribution in [3.05, 3.63) is 60.4 Å². The summed E-state index contributed by atoms with van der Waals surface area (Å²) in [7, 11) is 5.25. The number of fused-ring (bicyclic) bond motifs is 3. The first kappa shape index (κ1) is 58.7. The number of rotatable bonds is 15. The van der Waals surface area contributed by atoms with Crippen LogP contribution in [0.4, 0.5) is 4.39 Å². The highest BCUT2D eigenvalue weighted by atomic mass is 19.1. The van der Waals surface area contributed by atoms with E-state index in [1.54, 1.807) is 31.3 Å². The van der Waals surface area contributed by atoms with Gasteiger partial charge in [-0.15, -0.1) is 5.10 Å². The number of esters is 1. The summed E-state index contributed by atoms with van der Waals surface area (Å²) < 4.78 is 69.7. The molecule has 0 radical (unpaired) electrons. The summed E-state index contributed by atoms with van der Waals surface area (Å²) in [4.78, 5) is 33.2. The number of morpholine rings is 1. The van der Waals surface area contributed by atoms with E-state index in [4.69, 9.17) is 42.9 Å². The van der Waals surface area contributed by atoms with E-state index in [9.17, 15) is 14.6 Å². The number of aliphatic hydroxyl groups excluding tert-OH is 2. The molecular weight excluding hydrogens is 1000 g/mol.